The number of hydrogen-bond acceptors (Lipinski definition) is 6. The van der Waals surface area contributed by atoms with E-state index in [2.05, 4.69) is 19.9 Å². The van der Waals surface area contributed by atoms with Crippen molar-refractivity contribution >= 4 is 11.4 Å². The summed E-state index contributed by atoms with van der Waals surface area (Å²) < 4.78 is 46.9. The van der Waals surface area contributed by atoms with Crippen LogP contribution in [0.1, 0.15) is 12.6 Å². The Bertz CT molecular complexity index is 1460. The second-order valence-corrected chi connectivity index (χ2v) is 7.29. The third-order valence-electron chi connectivity index (χ3n) is 4.66. The van der Waals surface area contributed by atoms with Crippen molar-refractivity contribution < 1.29 is 17.9 Å². The average molecular weight is 480 g/mol. The minimum atomic E-state index is -3.06. The second-order valence-electron chi connectivity index (χ2n) is 7.29. The van der Waals surface area contributed by atoms with Crippen LogP contribution in [0.3, 0.4) is 0 Å². The topological polar surface area (TPSA) is 100 Å². The van der Waals surface area contributed by atoms with Gasteiger partial charge in [-0.25, -0.2) is 18.7 Å². The Hall–Kier alpha value is -4.67. The van der Waals surface area contributed by atoms with Crippen molar-refractivity contribution in [2.45, 2.75) is 13.5 Å². The Morgan fingerprint density at radius 3 is 2.60 bits per heavy atom. The van der Waals surface area contributed by atoms with Gasteiger partial charge in [0.2, 0.25) is 11.3 Å². The van der Waals surface area contributed by atoms with Gasteiger partial charge < -0.3 is 10.5 Å². The molecule has 11 heteroatoms. The van der Waals surface area contributed by atoms with Crippen molar-refractivity contribution in [3.05, 3.63) is 107 Å². The summed E-state index contributed by atoms with van der Waals surface area (Å²) >= 11 is 0. The molecule has 0 fully saturated rings. The van der Waals surface area contributed by atoms with Crippen LogP contribution in [-0.2, 0) is 0 Å². The number of nitrogens with two attached hydrogens (primary N) is 1. The van der Waals surface area contributed by atoms with Crippen molar-refractivity contribution in [1.29, 1.82) is 0 Å². The van der Waals surface area contributed by atoms with Gasteiger partial charge in [-0.05, 0) is 37.3 Å². The number of hydrogen-bond donors (Lipinski definition) is 1. The summed E-state index contributed by atoms with van der Waals surface area (Å²) in [6.45, 7) is -1.42. The molecule has 0 saturated carbocycles. The van der Waals surface area contributed by atoms with Crippen LogP contribution in [0, 0.1) is 5.82 Å². The first-order chi connectivity index (χ1) is 16.8. The third kappa shape index (κ3) is 5.46. The van der Waals surface area contributed by atoms with Crippen LogP contribution in [-0.4, -0.2) is 31.9 Å². The zero-order chi connectivity index (χ0) is 24.9. The van der Waals surface area contributed by atoms with Gasteiger partial charge in [-0.2, -0.15) is 19.0 Å². The van der Waals surface area contributed by atoms with E-state index in [0.717, 1.165) is 10.7 Å². The first-order valence-electron chi connectivity index (χ1n) is 10.3. The number of allylic oxidation sites excluding steroid dienone is 2. The van der Waals surface area contributed by atoms with Crippen molar-refractivity contribution in [2.24, 2.45) is 10.7 Å². The molecule has 0 amide bonds. The number of alkyl halides is 2. The Morgan fingerprint density at radius 2 is 1.91 bits per heavy atom. The van der Waals surface area contributed by atoms with Gasteiger partial charge in [0.15, 0.2) is 11.5 Å². The lowest BCUT2D eigenvalue weighted by molar-refractivity contribution is -0.0544. The van der Waals surface area contributed by atoms with E-state index in [9.17, 15) is 13.6 Å². The number of benzene rings is 2. The molecule has 178 valence electrons. The van der Waals surface area contributed by atoms with Gasteiger partial charge in [-0.3, -0.25) is 4.79 Å². The molecule has 0 saturated heterocycles. The summed E-state index contributed by atoms with van der Waals surface area (Å²) in [5.41, 5.74) is 6.70. The summed E-state index contributed by atoms with van der Waals surface area (Å²) in [6.07, 6.45) is 4.06. The highest BCUT2D eigenvalue weighted by atomic mass is 19.3. The smallest absolute Gasteiger partial charge is 0.388 e. The molecular formula is C24H19F3N6O2. The van der Waals surface area contributed by atoms with E-state index in [1.807, 2.05) is 6.07 Å². The highest BCUT2D eigenvalue weighted by Gasteiger charge is 2.15. The van der Waals surface area contributed by atoms with E-state index >= 15 is 4.39 Å². The molecule has 2 aromatic carbocycles. The average Bonchev–Trinajstić information content (AvgIpc) is 3.27. The van der Waals surface area contributed by atoms with Crippen LogP contribution in [0.5, 0.6) is 5.88 Å². The molecule has 0 spiro atoms. The van der Waals surface area contributed by atoms with Crippen LogP contribution in [0.15, 0.2) is 94.6 Å². The molecule has 8 nitrogen and oxygen atoms in total. The molecule has 4 aromatic rings. The molecule has 0 aliphatic rings. The summed E-state index contributed by atoms with van der Waals surface area (Å²) in [5.74, 6) is -0.989. The van der Waals surface area contributed by atoms with Crippen LogP contribution in [0.25, 0.3) is 11.4 Å². The molecule has 2 N–H and O–H groups in total. The van der Waals surface area contributed by atoms with E-state index in [4.69, 9.17) is 5.73 Å². The second kappa shape index (κ2) is 10.1. The van der Waals surface area contributed by atoms with Gasteiger partial charge in [-0.15, -0.1) is 0 Å². The number of para-hydroxylation sites is 1. The Labute approximate surface area is 197 Å². The predicted octanol–water partition coefficient (Wildman–Crippen LogP) is 4.14. The fraction of sp³-hybridized carbons (Fsp3) is 0.0833. The molecule has 0 bridgehead atoms. The minimum Gasteiger partial charge on any atom is -0.417 e. The highest BCUT2D eigenvalue weighted by Crippen LogP contribution is 2.22. The lowest BCUT2D eigenvalue weighted by atomic mass is 10.2. The van der Waals surface area contributed by atoms with E-state index in [-0.39, 0.29) is 28.7 Å². The SMILES string of the molecule is CC(N)=CC(=Nc1ccccc1)c1nn(-c2ccc(-n3nccc3OC(F)F)cc2F)ccc1=O. The van der Waals surface area contributed by atoms with Gasteiger partial charge in [0, 0.05) is 30.1 Å². The number of aliphatic imine (C=N–C) groups is 1. The minimum absolute atomic E-state index is 0.00555. The maximum atomic E-state index is 15.1. The normalized spacial score (nSPS) is 12.3. The van der Waals surface area contributed by atoms with Gasteiger partial charge >= 0.3 is 6.61 Å². The summed E-state index contributed by atoms with van der Waals surface area (Å²) in [4.78, 5) is 17.1. The molecular weight excluding hydrogens is 461 g/mol. The van der Waals surface area contributed by atoms with Crippen molar-refractivity contribution in [1.82, 2.24) is 19.6 Å². The van der Waals surface area contributed by atoms with Crippen molar-refractivity contribution in [3.8, 4) is 17.3 Å². The van der Waals surface area contributed by atoms with Gasteiger partial charge in [-0.1, -0.05) is 18.2 Å². The molecule has 0 unspecified atom stereocenters. The van der Waals surface area contributed by atoms with E-state index in [0.29, 0.717) is 11.4 Å². The monoisotopic (exact) mass is 480 g/mol. The maximum Gasteiger partial charge on any atom is 0.388 e. The van der Waals surface area contributed by atoms with Gasteiger partial charge in [0.05, 0.1) is 23.3 Å². The zero-order valence-corrected chi connectivity index (χ0v) is 18.3. The fourth-order valence-electron chi connectivity index (χ4n) is 3.21. The van der Waals surface area contributed by atoms with Crippen LogP contribution >= 0.6 is 0 Å². The van der Waals surface area contributed by atoms with Gasteiger partial charge in [0.1, 0.15) is 5.69 Å². The third-order valence-corrected chi connectivity index (χ3v) is 4.66. The maximum absolute atomic E-state index is 15.1. The predicted molar refractivity (Wildman–Crippen MR) is 124 cm³/mol. The molecule has 0 radical (unpaired) electrons. The summed E-state index contributed by atoms with van der Waals surface area (Å²) in [5, 5.41) is 8.18. The molecule has 2 aromatic heterocycles. The highest BCUT2D eigenvalue weighted by molar-refractivity contribution is 6.08. The van der Waals surface area contributed by atoms with E-state index in [1.165, 1.54) is 47.4 Å². The number of halogens is 3. The molecule has 0 aliphatic heterocycles. The Morgan fingerprint density at radius 1 is 1.14 bits per heavy atom. The van der Waals surface area contributed by atoms with E-state index in [1.54, 1.807) is 31.2 Å². The molecule has 0 atom stereocenters. The Balaban J connectivity index is 1.76. The van der Waals surface area contributed by atoms with Crippen LogP contribution in [0.4, 0.5) is 18.9 Å². The van der Waals surface area contributed by atoms with Crippen molar-refractivity contribution in [3.63, 3.8) is 0 Å². The lowest BCUT2D eigenvalue weighted by Crippen LogP contribution is -2.21. The largest absolute Gasteiger partial charge is 0.417 e. The molecule has 35 heavy (non-hydrogen) atoms. The number of nitrogens with zero attached hydrogens (tertiary/aromatic N) is 5. The fourth-order valence-corrected chi connectivity index (χ4v) is 3.21. The van der Waals surface area contributed by atoms with Crippen molar-refractivity contribution in [2.75, 3.05) is 0 Å². The zero-order valence-electron chi connectivity index (χ0n) is 18.3. The first kappa shape index (κ1) is 23.5. The van der Waals surface area contributed by atoms with Gasteiger partial charge in [0.25, 0.3) is 0 Å². The standard InChI is InChI=1S/C24H19F3N6O2/c1-15(28)13-19(30-16-5-3-2-4-6-16)23-21(34)10-12-32(31-23)20-8-7-17(14-18(20)25)33-22(9-11-29-33)35-24(26)27/h2-14,24H,28H2,1H3. The van der Waals surface area contributed by atoms with Crippen LogP contribution < -0.4 is 15.9 Å². The molecule has 2 heterocycles. The number of rotatable bonds is 7. The van der Waals surface area contributed by atoms with E-state index < -0.39 is 17.9 Å². The molecule has 0 aliphatic carbocycles. The lowest BCUT2D eigenvalue weighted by Gasteiger charge is -2.12. The summed E-state index contributed by atoms with van der Waals surface area (Å²) in [6, 6.07) is 15.3. The first-order valence-corrected chi connectivity index (χ1v) is 10.3. The number of aromatic nitrogens is 4. The van der Waals surface area contributed by atoms with Crippen LogP contribution in [0.2, 0.25) is 0 Å². The molecule has 4 rings (SSSR count). The quantitative estimate of drug-likeness (QED) is 0.401. The summed E-state index contributed by atoms with van der Waals surface area (Å²) in [7, 11) is 0. The Kier molecular flexibility index (Phi) is 6.76. The number of ether oxygens (including phenoxy) is 1.